The van der Waals surface area contributed by atoms with Crippen molar-refractivity contribution in [3.8, 4) is 11.1 Å². The van der Waals surface area contributed by atoms with Crippen molar-refractivity contribution in [1.29, 1.82) is 0 Å². The summed E-state index contributed by atoms with van der Waals surface area (Å²) in [7, 11) is 0. The number of carbonyl (C=O) groups is 1. The molecule has 0 fully saturated rings. The molecule has 0 aromatic heterocycles. The third kappa shape index (κ3) is 4.67. The van der Waals surface area contributed by atoms with Crippen molar-refractivity contribution in [3.63, 3.8) is 0 Å². The van der Waals surface area contributed by atoms with Gasteiger partial charge in [0.05, 0.1) is 6.61 Å². The lowest BCUT2D eigenvalue weighted by atomic mass is 9.98. The number of hydrogen-bond donors (Lipinski definition) is 2. The van der Waals surface area contributed by atoms with Crippen LogP contribution >= 0.6 is 0 Å². The summed E-state index contributed by atoms with van der Waals surface area (Å²) in [6, 6.07) is 20.7. The first-order valence-electron chi connectivity index (χ1n) is 10.3. The standard InChI is InChI=1S/C26H24FNO3/c27-20-13-12-18(19(15-20)16-29)7-5-6-14-28-26(30)31-17-25-23-10-3-1-8-21(23)22-9-2-4-11-24(22)25/h1-5,7-13,15,25,29H,6,14,16-17H2,(H,28,30). The maximum atomic E-state index is 13.2. The van der Waals surface area contributed by atoms with Gasteiger partial charge in [0.1, 0.15) is 12.4 Å². The molecule has 0 radical (unpaired) electrons. The molecule has 3 aromatic carbocycles. The fourth-order valence-corrected chi connectivity index (χ4v) is 3.99. The van der Waals surface area contributed by atoms with Gasteiger partial charge in [0.2, 0.25) is 0 Å². The van der Waals surface area contributed by atoms with Crippen molar-refractivity contribution in [1.82, 2.24) is 5.32 Å². The number of nitrogens with one attached hydrogen (secondary N) is 1. The second kappa shape index (κ2) is 9.58. The highest BCUT2D eigenvalue weighted by Gasteiger charge is 2.28. The van der Waals surface area contributed by atoms with Crippen LogP contribution in [0.2, 0.25) is 0 Å². The van der Waals surface area contributed by atoms with Gasteiger partial charge in [-0.3, -0.25) is 0 Å². The summed E-state index contributed by atoms with van der Waals surface area (Å²) in [5.41, 5.74) is 6.03. The molecule has 0 spiro atoms. The zero-order valence-electron chi connectivity index (χ0n) is 17.1. The third-order valence-electron chi connectivity index (χ3n) is 5.50. The highest BCUT2D eigenvalue weighted by molar-refractivity contribution is 5.79. The van der Waals surface area contributed by atoms with Crippen LogP contribution in [0.15, 0.2) is 72.8 Å². The molecule has 0 heterocycles. The van der Waals surface area contributed by atoms with E-state index in [0.717, 1.165) is 5.56 Å². The molecule has 0 aliphatic heterocycles. The van der Waals surface area contributed by atoms with Crippen LogP contribution in [0.3, 0.4) is 0 Å². The molecule has 0 saturated carbocycles. The molecule has 3 aromatic rings. The van der Waals surface area contributed by atoms with Crippen molar-refractivity contribution in [2.75, 3.05) is 13.2 Å². The molecule has 4 rings (SSSR count). The Balaban J connectivity index is 1.28. The van der Waals surface area contributed by atoms with Gasteiger partial charge in [0.15, 0.2) is 0 Å². The number of rotatable bonds is 7. The van der Waals surface area contributed by atoms with Crippen molar-refractivity contribution in [2.24, 2.45) is 0 Å². The molecule has 0 saturated heterocycles. The van der Waals surface area contributed by atoms with E-state index >= 15 is 0 Å². The highest BCUT2D eigenvalue weighted by atomic mass is 19.1. The van der Waals surface area contributed by atoms with Gasteiger partial charge in [0.25, 0.3) is 0 Å². The summed E-state index contributed by atoms with van der Waals surface area (Å²) in [5.74, 6) is -0.341. The molecule has 1 amide bonds. The minimum Gasteiger partial charge on any atom is -0.449 e. The van der Waals surface area contributed by atoms with E-state index in [9.17, 15) is 14.3 Å². The first-order chi connectivity index (χ1) is 15.2. The first kappa shape index (κ1) is 20.8. The smallest absolute Gasteiger partial charge is 0.407 e. The minimum absolute atomic E-state index is 0.0356. The van der Waals surface area contributed by atoms with Gasteiger partial charge < -0.3 is 15.2 Å². The zero-order chi connectivity index (χ0) is 21.6. The quantitative estimate of drug-likeness (QED) is 0.516. The van der Waals surface area contributed by atoms with Gasteiger partial charge >= 0.3 is 6.09 Å². The predicted molar refractivity (Wildman–Crippen MR) is 119 cm³/mol. The highest BCUT2D eigenvalue weighted by Crippen LogP contribution is 2.44. The summed E-state index contributed by atoms with van der Waals surface area (Å²) >= 11 is 0. The number of carbonyl (C=O) groups excluding carboxylic acids is 1. The molecule has 158 valence electrons. The van der Waals surface area contributed by atoms with Gasteiger partial charge in [-0.1, -0.05) is 66.7 Å². The fraction of sp³-hybridized carbons (Fsp3) is 0.192. The number of fused-ring (bicyclic) bond motifs is 3. The average molecular weight is 417 g/mol. The Kier molecular flexibility index (Phi) is 6.43. The van der Waals surface area contributed by atoms with Gasteiger partial charge in [0, 0.05) is 12.5 Å². The van der Waals surface area contributed by atoms with E-state index in [1.54, 1.807) is 6.07 Å². The van der Waals surface area contributed by atoms with E-state index in [1.165, 1.54) is 34.4 Å². The van der Waals surface area contributed by atoms with Crippen LogP contribution in [-0.2, 0) is 11.3 Å². The summed E-state index contributed by atoms with van der Waals surface area (Å²) in [5, 5.41) is 12.1. The van der Waals surface area contributed by atoms with Crippen LogP contribution < -0.4 is 5.32 Å². The van der Waals surface area contributed by atoms with Gasteiger partial charge in [-0.15, -0.1) is 0 Å². The second-order valence-electron chi connectivity index (χ2n) is 7.44. The molecule has 2 N–H and O–H groups in total. The lowest BCUT2D eigenvalue weighted by molar-refractivity contribution is 0.143. The Bertz CT molecular complexity index is 1060. The molecule has 4 nitrogen and oxygen atoms in total. The number of hydrogen-bond acceptors (Lipinski definition) is 3. The summed E-state index contributed by atoms with van der Waals surface area (Å²) in [6.07, 6.45) is 3.82. The molecule has 0 bridgehead atoms. The number of ether oxygens (including phenoxy) is 1. The molecule has 5 heteroatoms. The zero-order valence-corrected chi connectivity index (χ0v) is 17.1. The Morgan fingerprint density at radius 1 is 1.03 bits per heavy atom. The molecule has 0 unspecified atom stereocenters. The summed E-state index contributed by atoms with van der Waals surface area (Å²) in [4.78, 5) is 12.2. The lowest BCUT2D eigenvalue weighted by Crippen LogP contribution is -2.26. The van der Waals surface area contributed by atoms with Crippen LogP contribution in [0.5, 0.6) is 0 Å². The lowest BCUT2D eigenvalue weighted by Gasteiger charge is -2.14. The van der Waals surface area contributed by atoms with Crippen LogP contribution in [0.25, 0.3) is 17.2 Å². The number of aliphatic hydroxyl groups is 1. The molecular weight excluding hydrogens is 393 g/mol. The number of benzene rings is 3. The fourth-order valence-electron chi connectivity index (χ4n) is 3.99. The van der Waals surface area contributed by atoms with Gasteiger partial charge in [-0.05, 0) is 51.9 Å². The van der Waals surface area contributed by atoms with Crippen molar-refractivity contribution in [2.45, 2.75) is 18.9 Å². The van der Waals surface area contributed by atoms with Crippen molar-refractivity contribution in [3.05, 3.63) is 101 Å². The van der Waals surface area contributed by atoms with Gasteiger partial charge in [-0.25, -0.2) is 9.18 Å². The van der Waals surface area contributed by atoms with Crippen molar-refractivity contribution >= 4 is 12.2 Å². The third-order valence-corrected chi connectivity index (χ3v) is 5.50. The average Bonchev–Trinajstić information content (AvgIpc) is 3.12. The Morgan fingerprint density at radius 2 is 1.71 bits per heavy atom. The number of halogens is 1. The monoisotopic (exact) mass is 417 g/mol. The number of alkyl carbamates (subject to hydrolysis) is 1. The van der Waals surface area contributed by atoms with E-state index in [-0.39, 0.29) is 24.9 Å². The van der Waals surface area contributed by atoms with E-state index in [1.807, 2.05) is 36.4 Å². The van der Waals surface area contributed by atoms with E-state index in [2.05, 4.69) is 29.6 Å². The largest absolute Gasteiger partial charge is 0.449 e. The summed E-state index contributed by atoms with van der Waals surface area (Å²) < 4.78 is 18.7. The molecule has 1 aliphatic rings. The maximum Gasteiger partial charge on any atom is 0.407 e. The van der Waals surface area contributed by atoms with Crippen LogP contribution in [0.1, 0.15) is 34.6 Å². The Hall–Kier alpha value is -3.44. The van der Waals surface area contributed by atoms with Crippen LogP contribution in [-0.4, -0.2) is 24.4 Å². The van der Waals surface area contributed by atoms with E-state index < -0.39 is 6.09 Å². The molecule has 1 aliphatic carbocycles. The number of aliphatic hydroxyl groups excluding tert-OH is 1. The second-order valence-corrected chi connectivity index (χ2v) is 7.44. The predicted octanol–water partition coefficient (Wildman–Crippen LogP) is 5.26. The Labute approximate surface area is 181 Å². The normalized spacial score (nSPS) is 12.6. The molecule has 31 heavy (non-hydrogen) atoms. The topological polar surface area (TPSA) is 58.6 Å². The van der Waals surface area contributed by atoms with E-state index in [4.69, 9.17) is 4.74 Å². The van der Waals surface area contributed by atoms with Crippen molar-refractivity contribution < 1.29 is 19.0 Å². The SMILES string of the molecule is O=C(NCCC=Cc1ccc(F)cc1CO)OCC1c2ccccc2-c2ccccc21. The molecular formula is C26H24FNO3. The minimum atomic E-state index is -0.451. The van der Waals surface area contributed by atoms with Crippen LogP contribution in [0, 0.1) is 5.82 Å². The number of amides is 1. The molecule has 0 atom stereocenters. The Morgan fingerprint density at radius 3 is 2.39 bits per heavy atom. The first-order valence-corrected chi connectivity index (χ1v) is 10.3. The van der Waals surface area contributed by atoms with Gasteiger partial charge in [-0.2, -0.15) is 0 Å². The van der Waals surface area contributed by atoms with E-state index in [0.29, 0.717) is 18.5 Å². The maximum absolute atomic E-state index is 13.2. The summed E-state index contributed by atoms with van der Waals surface area (Å²) in [6.45, 7) is 0.476. The van der Waals surface area contributed by atoms with Crippen LogP contribution in [0.4, 0.5) is 9.18 Å².